The first-order valence-corrected chi connectivity index (χ1v) is 47.4. The minimum absolute atomic E-state index is 0.0702. The molecule has 648 valence electrons. The van der Waals surface area contributed by atoms with Gasteiger partial charge in [-0.3, -0.25) is 0 Å². The van der Waals surface area contributed by atoms with Gasteiger partial charge in [0, 0.05) is 32.5 Å². The van der Waals surface area contributed by atoms with Crippen LogP contribution in [0, 0.1) is 41.5 Å². The van der Waals surface area contributed by atoms with E-state index in [2.05, 4.69) is 525 Å². The molecule has 0 amide bonds. The summed E-state index contributed by atoms with van der Waals surface area (Å²) in [4.78, 5) is 0. The second kappa shape index (κ2) is 34.4. The molecule has 0 radical (unpaired) electrons. The standard InChI is InChI=1S/6C22H20/c1-15-8-6-9-16(14-15)17-11-7-13-20-21(17)18-10-4-5-12-19(18)22(20,2)3;1-15-9-4-5-10-16(15)17-12-8-14-20-21(17)18-11-6-7-13-19(18)22(20,2)3;1-15-13-18(16-9-5-4-6-10-16)21-17-11-7-8-12-19(17)22(2,3)20(21)14-15;1-15-13-14-17(16-9-5-4-6-10-16)20-18-11-7-8-12-19(18)22(2,3)21(15)20;1-15-13-14-19-21(20(15)16-9-5-4-6-10-16)17-11-7-8-12-18(17)22(19,2)3;1-15-12-13-18-20(14-15)22(2,3)19-11-7-10-17(21(18)19)16-8-5-4-6-9-16/h6*4-14H,1-3H3. The van der Waals surface area contributed by atoms with Gasteiger partial charge in [-0.25, -0.2) is 0 Å². The van der Waals surface area contributed by atoms with Gasteiger partial charge in [0.2, 0.25) is 0 Å². The zero-order valence-electron chi connectivity index (χ0n) is 80.1. The van der Waals surface area contributed by atoms with Crippen LogP contribution in [0.15, 0.2) is 400 Å². The number of aryl methyl sites for hydroxylation is 6. The molecular weight excluding hydrogens is 1590 g/mol. The molecular formula is C132H120. The monoisotopic (exact) mass is 1700 g/mol. The lowest BCUT2D eigenvalue weighted by atomic mass is 9.79. The molecule has 0 saturated carbocycles. The quantitative estimate of drug-likeness (QED) is 0.156. The van der Waals surface area contributed by atoms with Crippen molar-refractivity contribution in [3.8, 4) is 134 Å². The van der Waals surface area contributed by atoms with Crippen LogP contribution in [0.2, 0.25) is 0 Å². The van der Waals surface area contributed by atoms with E-state index in [0.29, 0.717) is 0 Å². The van der Waals surface area contributed by atoms with Crippen LogP contribution in [0.1, 0.15) is 183 Å². The normalized spacial score (nSPS) is 14.5. The molecule has 18 aromatic carbocycles. The predicted molar refractivity (Wildman–Crippen MR) is 565 cm³/mol. The molecule has 18 aromatic rings. The van der Waals surface area contributed by atoms with Crippen LogP contribution in [0.4, 0.5) is 0 Å². The van der Waals surface area contributed by atoms with E-state index in [1.807, 2.05) is 0 Å². The minimum atomic E-state index is 0.0702. The Morgan fingerprint density at radius 2 is 0.424 bits per heavy atom. The highest BCUT2D eigenvalue weighted by atomic mass is 14.5. The molecule has 6 aliphatic carbocycles. The average molecular weight is 1710 g/mol. The van der Waals surface area contributed by atoms with Crippen molar-refractivity contribution in [1.82, 2.24) is 0 Å². The van der Waals surface area contributed by atoms with E-state index in [1.165, 1.54) is 234 Å². The van der Waals surface area contributed by atoms with Crippen molar-refractivity contribution in [2.45, 2.75) is 157 Å². The first-order valence-electron chi connectivity index (χ1n) is 47.4. The van der Waals surface area contributed by atoms with E-state index < -0.39 is 0 Å². The number of fused-ring (bicyclic) bond motifs is 18. The van der Waals surface area contributed by atoms with Crippen LogP contribution >= 0.6 is 0 Å². The van der Waals surface area contributed by atoms with Crippen LogP contribution in [0.25, 0.3) is 134 Å². The zero-order chi connectivity index (χ0) is 91.9. The van der Waals surface area contributed by atoms with E-state index in [9.17, 15) is 0 Å². The van der Waals surface area contributed by atoms with Crippen molar-refractivity contribution in [3.63, 3.8) is 0 Å². The van der Waals surface area contributed by atoms with Crippen LogP contribution in [0.5, 0.6) is 0 Å². The van der Waals surface area contributed by atoms with Gasteiger partial charge in [0.1, 0.15) is 0 Å². The highest BCUT2D eigenvalue weighted by molar-refractivity contribution is 5.99. The number of hydrogen-bond acceptors (Lipinski definition) is 0. The summed E-state index contributed by atoms with van der Waals surface area (Å²) in [5.74, 6) is 0. The summed E-state index contributed by atoms with van der Waals surface area (Å²) in [5, 5.41) is 0. The van der Waals surface area contributed by atoms with E-state index in [0.717, 1.165) is 0 Å². The molecule has 0 unspecified atom stereocenters. The maximum atomic E-state index is 2.36. The third-order valence-electron chi connectivity index (χ3n) is 29.8. The molecule has 0 saturated heterocycles. The van der Waals surface area contributed by atoms with Crippen molar-refractivity contribution in [2.24, 2.45) is 0 Å². The molecule has 132 heavy (non-hydrogen) atoms. The largest absolute Gasteiger partial charge is 0.0622 e. The maximum Gasteiger partial charge on any atom is 0.0161 e. The Balaban J connectivity index is 0.000000102. The SMILES string of the molecule is Cc1cc(-c2ccccc2)c2c(c1)C(C)(C)c1ccccc1-2.Cc1ccc(-c2ccccc2)c2c1C(C)(C)c1ccccc1-2.Cc1ccc2c(c1)C(C)(C)c1cccc(-c3ccccc3)c1-2.Cc1ccc2c(c1-c1ccccc1)-c1ccccc1C2(C)C.Cc1cccc(-c2cccc3c2-c2ccccc2C3(C)C)c1.Cc1ccccc1-c1cccc2c1-c1ccccc1C2(C)C. The van der Waals surface area contributed by atoms with Crippen molar-refractivity contribution in [1.29, 1.82) is 0 Å². The van der Waals surface area contributed by atoms with Crippen LogP contribution in [-0.2, 0) is 32.5 Å². The van der Waals surface area contributed by atoms with E-state index >= 15 is 0 Å². The molecule has 24 rings (SSSR count). The highest BCUT2D eigenvalue weighted by Crippen LogP contribution is 2.60. The van der Waals surface area contributed by atoms with Gasteiger partial charge >= 0.3 is 0 Å². The van der Waals surface area contributed by atoms with Crippen molar-refractivity contribution in [2.75, 3.05) is 0 Å². The summed E-state index contributed by atoms with van der Waals surface area (Å²) in [6.45, 7) is 41.2. The fourth-order valence-electron chi connectivity index (χ4n) is 23.1. The topological polar surface area (TPSA) is 0 Å². The lowest BCUT2D eigenvalue weighted by Gasteiger charge is -2.24. The fourth-order valence-corrected chi connectivity index (χ4v) is 23.1. The second-order valence-electron chi connectivity index (χ2n) is 40.5. The van der Waals surface area contributed by atoms with Gasteiger partial charge < -0.3 is 0 Å². The zero-order valence-corrected chi connectivity index (χ0v) is 80.1. The Hall–Kier alpha value is -14.0. The van der Waals surface area contributed by atoms with Crippen molar-refractivity contribution >= 4 is 0 Å². The van der Waals surface area contributed by atoms with Crippen molar-refractivity contribution < 1.29 is 0 Å². The van der Waals surface area contributed by atoms with Crippen LogP contribution in [-0.4, -0.2) is 0 Å². The summed E-state index contributed by atoms with van der Waals surface area (Å²) in [6, 6.07) is 146. The third kappa shape index (κ3) is 15.1. The summed E-state index contributed by atoms with van der Waals surface area (Å²) in [6.07, 6.45) is 0. The van der Waals surface area contributed by atoms with Gasteiger partial charge in [-0.15, -0.1) is 0 Å². The Bertz CT molecular complexity index is 7450. The predicted octanol–water partition coefficient (Wildman–Crippen LogP) is 35.8. The summed E-state index contributed by atoms with van der Waals surface area (Å²) in [7, 11) is 0. The smallest absolute Gasteiger partial charge is 0.0161 e. The van der Waals surface area contributed by atoms with Gasteiger partial charge in [0.25, 0.3) is 0 Å². The maximum absolute atomic E-state index is 2.36. The van der Waals surface area contributed by atoms with Crippen LogP contribution in [0.3, 0.4) is 0 Å². The van der Waals surface area contributed by atoms with Gasteiger partial charge in [0.05, 0.1) is 0 Å². The molecule has 0 nitrogen and oxygen atoms in total. The van der Waals surface area contributed by atoms with Gasteiger partial charge in [-0.05, 0) is 259 Å². The molecule has 0 spiro atoms. The lowest BCUT2D eigenvalue weighted by Crippen LogP contribution is -2.16. The highest BCUT2D eigenvalue weighted by Gasteiger charge is 2.43. The third-order valence-corrected chi connectivity index (χ3v) is 29.8. The van der Waals surface area contributed by atoms with Gasteiger partial charge in [-0.1, -0.05) is 500 Å². The van der Waals surface area contributed by atoms with E-state index in [4.69, 9.17) is 0 Å². The average Bonchev–Trinajstić information content (AvgIpc) is 1.56. The fraction of sp³-hybridized carbons (Fsp3) is 0.182. The number of benzene rings is 18. The Morgan fingerprint density at radius 1 is 0.129 bits per heavy atom. The summed E-state index contributed by atoms with van der Waals surface area (Å²) in [5.41, 5.74) is 58.6. The lowest BCUT2D eigenvalue weighted by molar-refractivity contribution is 0.656. The molecule has 0 heteroatoms. The van der Waals surface area contributed by atoms with Crippen molar-refractivity contribution in [3.05, 3.63) is 501 Å². The van der Waals surface area contributed by atoms with E-state index in [-0.39, 0.29) is 32.5 Å². The van der Waals surface area contributed by atoms with Gasteiger partial charge in [0.15, 0.2) is 0 Å². The molecule has 6 aliphatic rings. The molecule has 0 aliphatic heterocycles. The molecule has 0 fully saturated rings. The van der Waals surface area contributed by atoms with Crippen LogP contribution < -0.4 is 0 Å². The Labute approximate surface area is 785 Å². The first-order chi connectivity index (χ1) is 63.6. The number of rotatable bonds is 6. The van der Waals surface area contributed by atoms with E-state index in [1.54, 1.807) is 0 Å². The molecule has 0 bridgehead atoms. The summed E-state index contributed by atoms with van der Waals surface area (Å²) < 4.78 is 0. The first kappa shape index (κ1) is 87.3. The summed E-state index contributed by atoms with van der Waals surface area (Å²) >= 11 is 0. The molecule has 0 heterocycles. The number of hydrogen-bond donors (Lipinski definition) is 0. The second-order valence-corrected chi connectivity index (χ2v) is 40.5. The molecule has 0 atom stereocenters. The van der Waals surface area contributed by atoms with Gasteiger partial charge in [-0.2, -0.15) is 0 Å². The Kier molecular flexibility index (Phi) is 22.7. The minimum Gasteiger partial charge on any atom is -0.0622 e. The molecule has 0 N–H and O–H groups in total. The molecule has 0 aromatic heterocycles. The Morgan fingerprint density at radius 3 is 0.902 bits per heavy atom.